The van der Waals surface area contributed by atoms with Crippen LogP contribution in [0.15, 0.2) is 52.3 Å². The molecule has 0 radical (unpaired) electrons. The number of amides is 1. The van der Waals surface area contributed by atoms with E-state index in [-0.39, 0.29) is 27.0 Å². The lowest BCUT2D eigenvalue weighted by Gasteiger charge is -2.25. The number of nitrogens with zero attached hydrogens (tertiary/aromatic N) is 3. The van der Waals surface area contributed by atoms with Gasteiger partial charge in [-0.1, -0.05) is 38.2 Å². The van der Waals surface area contributed by atoms with Gasteiger partial charge in [0, 0.05) is 24.9 Å². The molecular weight excluding hydrogens is 494 g/mol. The van der Waals surface area contributed by atoms with Gasteiger partial charge in [0.25, 0.3) is 5.91 Å². The van der Waals surface area contributed by atoms with E-state index in [1.54, 1.807) is 36.1 Å². The zero-order valence-corrected chi connectivity index (χ0v) is 22.1. The second kappa shape index (κ2) is 10.5. The van der Waals surface area contributed by atoms with Crippen LogP contribution in [-0.4, -0.2) is 70.8 Å². The van der Waals surface area contributed by atoms with E-state index in [4.69, 9.17) is 0 Å². The molecule has 0 aliphatic rings. The lowest BCUT2D eigenvalue weighted by Crippen LogP contribution is -2.39. The topological polar surface area (TPSA) is 105 Å². The lowest BCUT2D eigenvalue weighted by molar-refractivity contribution is 0.0983. The molecule has 3 aromatic rings. The van der Waals surface area contributed by atoms with Gasteiger partial charge in [0.15, 0.2) is 24.8 Å². The average Bonchev–Trinajstić information content (AvgIpc) is 3.24. The highest BCUT2D eigenvalue weighted by Gasteiger charge is 2.24. The molecular formula is C23H29N3O5S3. The maximum atomic E-state index is 13.6. The summed E-state index contributed by atoms with van der Waals surface area (Å²) in [5, 5.41) is 0.432. The molecule has 2 aromatic carbocycles. The van der Waals surface area contributed by atoms with Gasteiger partial charge in [0.1, 0.15) is 0 Å². The lowest BCUT2D eigenvalue weighted by atomic mass is 10.2. The maximum absolute atomic E-state index is 13.6. The summed E-state index contributed by atoms with van der Waals surface area (Å²) in [6.07, 6.45) is 1.15. The Bertz CT molecular complexity index is 1390. The van der Waals surface area contributed by atoms with E-state index in [9.17, 15) is 21.6 Å². The molecule has 0 saturated heterocycles. The van der Waals surface area contributed by atoms with Crippen LogP contribution in [0, 0.1) is 0 Å². The summed E-state index contributed by atoms with van der Waals surface area (Å²) in [6, 6.07) is 10.7. The molecule has 0 aliphatic carbocycles. The Balaban J connectivity index is 2.05. The summed E-state index contributed by atoms with van der Waals surface area (Å²) in [7, 11) is -6.85. The van der Waals surface area contributed by atoms with Gasteiger partial charge in [-0.3, -0.25) is 9.69 Å². The summed E-state index contributed by atoms with van der Waals surface area (Å²) in [6.45, 7) is 8.24. The molecule has 3 rings (SSSR count). The maximum Gasteiger partial charge on any atom is 0.260 e. The van der Waals surface area contributed by atoms with E-state index in [0.717, 1.165) is 19.3 Å². The second-order valence-electron chi connectivity index (χ2n) is 7.81. The van der Waals surface area contributed by atoms with Crippen LogP contribution in [-0.2, 0) is 19.7 Å². The zero-order chi connectivity index (χ0) is 25.1. The highest BCUT2D eigenvalue weighted by atomic mass is 32.2. The molecule has 0 unspecified atom stereocenters. The normalized spacial score (nSPS) is 12.4. The summed E-state index contributed by atoms with van der Waals surface area (Å²) in [5.74, 6) is -0.417. The molecule has 0 fully saturated rings. The molecule has 34 heavy (non-hydrogen) atoms. The molecule has 0 aliphatic heterocycles. The van der Waals surface area contributed by atoms with Crippen molar-refractivity contribution in [2.24, 2.45) is 0 Å². The van der Waals surface area contributed by atoms with Gasteiger partial charge in [-0.15, -0.1) is 0 Å². The average molecular weight is 524 g/mol. The first kappa shape index (κ1) is 26.3. The number of anilines is 1. The smallest absolute Gasteiger partial charge is 0.260 e. The summed E-state index contributed by atoms with van der Waals surface area (Å²) in [4.78, 5) is 22.2. The molecule has 11 heteroatoms. The van der Waals surface area contributed by atoms with Crippen molar-refractivity contribution in [3.63, 3.8) is 0 Å². The fourth-order valence-electron chi connectivity index (χ4n) is 3.45. The Morgan fingerprint density at radius 3 is 2.26 bits per heavy atom. The van der Waals surface area contributed by atoms with Crippen molar-refractivity contribution in [2.75, 3.05) is 43.1 Å². The molecule has 0 bridgehead atoms. The van der Waals surface area contributed by atoms with Crippen LogP contribution >= 0.6 is 11.3 Å². The summed E-state index contributed by atoms with van der Waals surface area (Å²) >= 11 is 1.23. The first-order valence-electron chi connectivity index (χ1n) is 11.0. The van der Waals surface area contributed by atoms with Gasteiger partial charge in [-0.2, -0.15) is 0 Å². The fraction of sp³-hybridized carbons (Fsp3) is 0.391. The van der Waals surface area contributed by atoms with Crippen LogP contribution in [0.4, 0.5) is 5.13 Å². The number of hydrogen-bond acceptors (Lipinski definition) is 8. The molecule has 184 valence electrons. The van der Waals surface area contributed by atoms with Crippen molar-refractivity contribution in [1.29, 1.82) is 0 Å². The van der Waals surface area contributed by atoms with Crippen molar-refractivity contribution in [3.8, 4) is 0 Å². The van der Waals surface area contributed by atoms with Crippen molar-refractivity contribution >= 4 is 52.3 Å². The Morgan fingerprint density at radius 2 is 1.65 bits per heavy atom. The second-order valence-corrected chi connectivity index (χ2v) is 13.1. The third-order valence-corrected chi connectivity index (χ3v) is 9.49. The number of aromatic nitrogens is 1. The Labute approximate surface area is 205 Å². The van der Waals surface area contributed by atoms with Crippen LogP contribution in [0.2, 0.25) is 0 Å². The van der Waals surface area contributed by atoms with Crippen LogP contribution < -0.4 is 4.90 Å². The predicted octanol–water partition coefficient (Wildman–Crippen LogP) is 3.48. The van der Waals surface area contributed by atoms with Crippen molar-refractivity contribution in [1.82, 2.24) is 9.88 Å². The van der Waals surface area contributed by atoms with Gasteiger partial charge >= 0.3 is 0 Å². The SMILES string of the molecule is CCN(CC)CCN(C(=O)c1cccc(S(=O)(=O)CC)c1)c1nc2ccc(S(C)(=O)=O)cc2s1. The van der Waals surface area contributed by atoms with E-state index in [0.29, 0.717) is 28.4 Å². The Hall–Kier alpha value is -2.34. The molecule has 1 aromatic heterocycles. The van der Waals surface area contributed by atoms with Gasteiger partial charge in [-0.25, -0.2) is 21.8 Å². The molecule has 1 amide bonds. The van der Waals surface area contributed by atoms with Crippen LogP contribution in [0.3, 0.4) is 0 Å². The van der Waals surface area contributed by atoms with Crippen molar-refractivity contribution in [3.05, 3.63) is 48.0 Å². The van der Waals surface area contributed by atoms with E-state index in [1.807, 2.05) is 13.8 Å². The van der Waals surface area contributed by atoms with Gasteiger partial charge in [-0.05, 0) is 49.5 Å². The highest BCUT2D eigenvalue weighted by Crippen LogP contribution is 2.31. The fourth-order valence-corrected chi connectivity index (χ4v) is 6.13. The number of thiazole rings is 1. The molecule has 8 nitrogen and oxygen atoms in total. The van der Waals surface area contributed by atoms with Gasteiger partial charge in [0.2, 0.25) is 0 Å². The monoisotopic (exact) mass is 523 g/mol. The summed E-state index contributed by atoms with van der Waals surface area (Å²) < 4.78 is 49.3. The van der Waals surface area contributed by atoms with E-state index < -0.39 is 19.7 Å². The molecule has 0 N–H and O–H groups in total. The largest absolute Gasteiger partial charge is 0.302 e. The molecule has 0 atom stereocenters. The van der Waals surface area contributed by atoms with Crippen LogP contribution in [0.25, 0.3) is 10.2 Å². The zero-order valence-electron chi connectivity index (χ0n) is 19.7. The molecule has 0 saturated carbocycles. The predicted molar refractivity (Wildman–Crippen MR) is 136 cm³/mol. The Kier molecular flexibility index (Phi) is 8.12. The third-order valence-electron chi connectivity index (χ3n) is 5.61. The number of hydrogen-bond donors (Lipinski definition) is 0. The first-order valence-corrected chi connectivity index (χ1v) is 15.3. The standard InChI is InChI=1S/C23H29N3O5S3/c1-5-25(6-2)13-14-26(22(27)17-9-8-10-19(15-17)34(30,31)7-3)23-24-20-12-11-18(33(4,28)29)16-21(20)32-23/h8-12,15-16H,5-7,13-14H2,1-4H3. The summed E-state index contributed by atoms with van der Waals surface area (Å²) in [5.41, 5.74) is 0.848. The van der Waals surface area contributed by atoms with Crippen molar-refractivity contribution < 1.29 is 21.6 Å². The minimum absolute atomic E-state index is 0.0587. The minimum atomic E-state index is -3.47. The number of carbonyl (C=O) groups excluding carboxylic acids is 1. The number of fused-ring (bicyclic) bond motifs is 1. The van der Waals surface area contributed by atoms with Crippen molar-refractivity contribution in [2.45, 2.75) is 30.6 Å². The van der Waals surface area contributed by atoms with E-state index in [1.165, 1.54) is 29.5 Å². The first-order chi connectivity index (χ1) is 16.0. The Morgan fingerprint density at radius 1 is 0.941 bits per heavy atom. The number of benzene rings is 2. The van der Waals surface area contributed by atoms with E-state index >= 15 is 0 Å². The van der Waals surface area contributed by atoms with Crippen LogP contribution in [0.5, 0.6) is 0 Å². The quantitative estimate of drug-likeness (QED) is 0.401. The number of likely N-dealkylation sites (N-methyl/N-ethyl adjacent to an activating group) is 1. The van der Waals surface area contributed by atoms with E-state index in [2.05, 4.69) is 9.88 Å². The molecule has 0 spiro atoms. The minimum Gasteiger partial charge on any atom is -0.302 e. The van der Waals surface area contributed by atoms with Crippen LogP contribution in [0.1, 0.15) is 31.1 Å². The highest BCUT2D eigenvalue weighted by molar-refractivity contribution is 7.91. The van der Waals surface area contributed by atoms with Gasteiger partial charge < -0.3 is 4.90 Å². The number of sulfone groups is 2. The number of rotatable bonds is 10. The third kappa shape index (κ3) is 5.83. The molecule has 1 heterocycles. The van der Waals surface area contributed by atoms with Gasteiger partial charge in [0.05, 0.1) is 25.8 Å². The number of carbonyl (C=O) groups is 1.